The van der Waals surface area contributed by atoms with Gasteiger partial charge in [-0.1, -0.05) is 24.6 Å². The molecule has 2 aromatic carbocycles. The van der Waals surface area contributed by atoms with Crippen molar-refractivity contribution < 1.29 is 9.21 Å². The normalized spacial score (nSPS) is 27.1. The third-order valence-electron chi connectivity index (χ3n) is 5.37. The van der Waals surface area contributed by atoms with Crippen LogP contribution in [0, 0.1) is 17.8 Å². The van der Waals surface area contributed by atoms with Crippen LogP contribution in [0.3, 0.4) is 0 Å². The van der Waals surface area contributed by atoms with Crippen molar-refractivity contribution in [1.82, 2.24) is 0 Å². The topological polar surface area (TPSA) is 30.2 Å². The van der Waals surface area contributed by atoms with Gasteiger partial charge in [-0.25, -0.2) is 0 Å². The molecule has 0 bridgehead atoms. The molecule has 3 aromatic rings. The molecule has 0 spiro atoms. The molecule has 2 saturated carbocycles. The maximum Gasteiger partial charge on any atom is 0.166 e. The minimum Gasteiger partial charge on any atom is -0.456 e. The lowest BCUT2D eigenvalue weighted by Gasteiger charge is -2.03. The molecule has 104 valence electrons. The van der Waals surface area contributed by atoms with E-state index in [1.54, 1.807) is 0 Å². The van der Waals surface area contributed by atoms with Crippen molar-refractivity contribution in [2.45, 2.75) is 19.3 Å². The average Bonchev–Trinajstić information content (AvgIpc) is 2.88. The van der Waals surface area contributed by atoms with E-state index < -0.39 is 0 Å². The van der Waals surface area contributed by atoms with Crippen molar-refractivity contribution in [3.05, 3.63) is 48.0 Å². The van der Waals surface area contributed by atoms with Crippen LogP contribution in [0.15, 0.2) is 46.9 Å². The molecule has 21 heavy (non-hydrogen) atoms. The predicted molar refractivity (Wildman–Crippen MR) is 82.4 cm³/mol. The molecule has 1 aromatic heterocycles. The minimum absolute atomic E-state index is 0.300. The van der Waals surface area contributed by atoms with Crippen molar-refractivity contribution in [3.63, 3.8) is 0 Å². The van der Waals surface area contributed by atoms with Gasteiger partial charge in [-0.3, -0.25) is 4.79 Å². The summed E-state index contributed by atoms with van der Waals surface area (Å²) in [5, 5.41) is 2.15. The summed E-state index contributed by atoms with van der Waals surface area (Å²) in [4.78, 5) is 12.7. The Hall–Kier alpha value is -2.09. The van der Waals surface area contributed by atoms with Gasteiger partial charge in [0.25, 0.3) is 0 Å². The lowest BCUT2D eigenvalue weighted by Crippen LogP contribution is -2.05. The van der Waals surface area contributed by atoms with E-state index in [9.17, 15) is 4.79 Å². The summed E-state index contributed by atoms with van der Waals surface area (Å²) in [5.41, 5.74) is 2.61. The molecule has 0 amide bonds. The summed E-state index contributed by atoms with van der Waals surface area (Å²) in [6.07, 6.45) is 3.81. The Labute approximate surface area is 122 Å². The quantitative estimate of drug-likeness (QED) is 0.628. The van der Waals surface area contributed by atoms with Gasteiger partial charge in [0, 0.05) is 22.3 Å². The SMILES string of the molecule is O=C(c1ccc2oc3ccccc3c2c1)C1C2CCCC21. The lowest BCUT2D eigenvalue weighted by molar-refractivity contribution is 0.0951. The number of hydrogen-bond acceptors (Lipinski definition) is 2. The van der Waals surface area contributed by atoms with E-state index >= 15 is 0 Å². The number of Topliss-reactive ketones (excluding diaryl/α,β-unsaturated/α-hetero) is 1. The van der Waals surface area contributed by atoms with Crippen LogP contribution in [0.2, 0.25) is 0 Å². The van der Waals surface area contributed by atoms with Crippen LogP contribution in [0.25, 0.3) is 21.9 Å². The smallest absolute Gasteiger partial charge is 0.166 e. The molecule has 0 N–H and O–H groups in total. The first-order chi connectivity index (χ1) is 10.3. The van der Waals surface area contributed by atoms with Crippen LogP contribution < -0.4 is 0 Å². The van der Waals surface area contributed by atoms with Gasteiger partial charge in [0.2, 0.25) is 0 Å². The fourth-order valence-electron chi connectivity index (χ4n) is 4.28. The molecule has 5 rings (SSSR count). The number of hydrogen-bond donors (Lipinski definition) is 0. The summed E-state index contributed by atoms with van der Waals surface area (Å²) >= 11 is 0. The lowest BCUT2D eigenvalue weighted by atomic mass is 9.99. The maximum atomic E-state index is 12.7. The Balaban J connectivity index is 1.61. The highest BCUT2D eigenvalue weighted by Gasteiger charge is 2.56. The highest BCUT2D eigenvalue weighted by atomic mass is 16.3. The van der Waals surface area contributed by atoms with E-state index in [0.717, 1.165) is 27.5 Å². The highest BCUT2D eigenvalue weighted by molar-refractivity contribution is 6.09. The van der Waals surface area contributed by atoms with Crippen LogP contribution >= 0.6 is 0 Å². The van der Waals surface area contributed by atoms with Gasteiger partial charge in [-0.15, -0.1) is 0 Å². The van der Waals surface area contributed by atoms with Crippen LogP contribution in [0.4, 0.5) is 0 Å². The third kappa shape index (κ3) is 1.56. The van der Waals surface area contributed by atoms with E-state index in [-0.39, 0.29) is 0 Å². The Morgan fingerprint density at radius 2 is 1.71 bits per heavy atom. The second kappa shape index (κ2) is 3.97. The van der Waals surface area contributed by atoms with Gasteiger partial charge >= 0.3 is 0 Å². The number of para-hydroxylation sites is 1. The first-order valence-electron chi connectivity index (χ1n) is 7.78. The van der Waals surface area contributed by atoms with Gasteiger partial charge in [0.1, 0.15) is 11.2 Å². The first kappa shape index (κ1) is 11.6. The molecule has 2 nitrogen and oxygen atoms in total. The standard InChI is InChI=1S/C19H16O2/c20-19(18-13-5-3-6-14(13)18)11-8-9-17-15(10-11)12-4-1-2-7-16(12)21-17/h1-2,4,7-10,13-14,18H,3,5-6H2. The molecule has 1 heterocycles. The third-order valence-corrected chi connectivity index (χ3v) is 5.37. The van der Waals surface area contributed by atoms with Crippen molar-refractivity contribution in [2.75, 3.05) is 0 Å². The largest absolute Gasteiger partial charge is 0.456 e. The number of fused-ring (bicyclic) bond motifs is 4. The number of carbonyl (C=O) groups excluding carboxylic acids is 1. The number of rotatable bonds is 2. The molecule has 2 unspecified atom stereocenters. The van der Waals surface area contributed by atoms with Crippen molar-refractivity contribution in [1.29, 1.82) is 0 Å². The van der Waals surface area contributed by atoms with Crippen LogP contribution in [-0.4, -0.2) is 5.78 Å². The second-order valence-electron chi connectivity index (χ2n) is 6.46. The van der Waals surface area contributed by atoms with Crippen LogP contribution in [-0.2, 0) is 0 Å². The molecular weight excluding hydrogens is 260 g/mol. The summed E-state index contributed by atoms with van der Waals surface area (Å²) < 4.78 is 5.83. The van der Waals surface area contributed by atoms with E-state index in [1.807, 2.05) is 36.4 Å². The maximum absolute atomic E-state index is 12.7. The van der Waals surface area contributed by atoms with E-state index in [0.29, 0.717) is 23.5 Å². The second-order valence-corrected chi connectivity index (χ2v) is 6.46. The average molecular weight is 276 g/mol. The Morgan fingerprint density at radius 1 is 0.952 bits per heavy atom. The summed E-state index contributed by atoms with van der Waals surface area (Å²) in [5.74, 6) is 2.00. The monoisotopic (exact) mass is 276 g/mol. The molecule has 0 radical (unpaired) electrons. The molecule has 2 atom stereocenters. The molecule has 2 aliphatic rings. The first-order valence-corrected chi connectivity index (χ1v) is 7.78. The van der Waals surface area contributed by atoms with E-state index in [1.165, 1.54) is 19.3 Å². The van der Waals surface area contributed by atoms with Crippen molar-refractivity contribution >= 4 is 27.7 Å². The molecule has 0 aliphatic heterocycles. The van der Waals surface area contributed by atoms with Crippen molar-refractivity contribution in [3.8, 4) is 0 Å². The number of benzene rings is 2. The summed E-state index contributed by atoms with van der Waals surface area (Å²) in [7, 11) is 0. The fourth-order valence-corrected chi connectivity index (χ4v) is 4.28. The van der Waals surface area contributed by atoms with Gasteiger partial charge in [-0.05, 0) is 48.9 Å². The fraction of sp³-hybridized carbons (Fsp3) is 0.316. The molecule has 2 heteroatoms. The van der Waals surface area contributed by atoms with Gasteiger partial charge in [0.05, 0.1) is 0 Å². The van der Waals surface area contributed by atoms with Crippen LogP contribution in [0.5, 0.6) is 0 Å². The van der Waals surface area contributed by atoms with E-state index in [2.05, 4.69) is 6.07 Å². The summed E-state index contributed by atoms with van der Waals surface area (Å²) in [6, 6.07) is 13.9. The zero-order valence-electron chi connectivity index (χ0n) is 11.7. The molecular formula is C19H16O2. The minimum atomic E-state index is 0.300. The Bertz CT molecular complexity index is 864. The number of furan rings is 1. The van der Waals surface area contributed by atoms with Crippen LogP contribution in [0.1, 0.15) is 29.6 Å². The molecule has 2 aliphatic carbocycles. The number of carbonyl (C=O) groups is 1. The zero-order chi connectivity index (χ0) is 14.0. The van der Waals surface area contributed by atoms with Gasteiger partial charge in [-0.2, -0.15) is 0 Å². The summed E-state index contributed by atoms with van der Waals surface area (Å²) in [6.45, 7) is 0. The van der Waals surface area contributed by atoms with Crippen molar-refractivity contribution in [2.24, 2.45) is 17.8 Å². The zero-order valence-corrected chi connectivity index (χ0v) is 11.7. The Kier molecular flexibility index (Phi) is 2.19. The predicted octanol–water partition coefficient (Wildman–Crippen LogP) is 4.81. The van der Waals surface area contributed by atoms with Gasteiger partial charge < -0.3 is 4.42 Å². The molecule has 0 saturated heterocycles. The molecule has 2 fully saturated rings. The number of ketones is 1. The van der Waals surface area contributed by atoms with Gasteiger partial charge in [0.15, 0.2) is 5.78 Å². The van der Waals surface area contributed by atoms with E-state index in [4.69, 9.17) is 4.42 Å². The Morgan fingerprint density at radius 3 is 2.57 bits per heavy atom. The highest BCUT2D eigenvalue weighted by Crippen LogP contribution is 2.58.